The van der Waals surface area contributed by atoms with Gasteiger partial charge in [-0.15, -0.1) is 0 Å². The first-order valence-electron chi connectivity index (χ1n) is 9.67. The summed E-state index contributed by atoms with van der Waals surface area (Å²) in [6.07, 6.45) is 0. The second kappa shape index (κ2) is 7.72. The average molecular weight is 380 g/mol. The summed E-state index contributed by atoms with van der Waals surface area (Å²) in [6.45, 7) is 9.78. The molecule has 6 heteroatoms. The van der Waals surface area contributed by atoms with Gasteiger partial charge in [-0.1, -0.05) is 23.4 Å². The van der Waals surface area contributed by atoms with Crippen molar-refractivity contribution in [3.05, 3.63) is 65.3 Å². The molecule has 0 radical (unpaired) electrons. The lowest BCUT2D eigenvalue weighted by atomic mass is 10.1. The molecule has 1 saturated heterocycles. The third-order valence-corrected chi connectivity index (χ3v) is 5.53. The Hall–Kier alpha value is -2.73. The lowest BCUT2D eigenvalue weighted by Gasteiger charge is -2.38. The van der Waals surface area contributed by atoms with Crippen molar-refractivity contribution in [2.24, 2.45) is 0 Å². The molecule has 3 aromatic rings. The maximum absolute atomic E-state index is 13.5. The van der Waals surface area contributed by atoms with Gasteiger partial charge in [-0.2, -0.15) is 4.98 Å². The van der Waals surface area contributed by atoms with Crippen molar-refractivity contribution < 1.29 is 8.91 Å². The number of para-hydroxylation sites is 1. The number of anilines is 1. The summed E-state index contributed by atoms with van der Waals surface area (Å²) in [5.41, 5.74) is 3.95. The van der Waals surface area contributed by atoms with E-state index >= 15 is 0 Å². The highest BCUT2D eigenvalue weighted by molar-refractivity contribution is 5.55. The van der Waals surface area contributed by atoms with Crippen molar-refractivity contribution in [3.63, 3.8) is 0 Å². The average Bonchev–Trinajstić information content (AvgIpc) is 3.20. The van der Waals surface area contributed by atoms with Crippen LogP contribution in [0.1, 0.15) is 30.0 Å². The minimum Gasteiger partial charge on any atom is -0.369 e. The number of rotatable bonds is 4. The second-order valence-electron chi connectivity index (χ2n) is 7.41. The highest BCUT2D eigenvalue weighted by Gasteiger charge is 2.26. The number of hydrogen-bond donors (Lipinski definition) is 0. The fourth-order valence-electron chi connectivity index (χ4n) is 3.73. The van der Waals surface area contributed by atoms with Gasteiger partial charge in [-0.3, -0.25) is 4.90 Å². The van der Waals surface area contributed by atoms with E-state index in [0.29, 0.717) is 17.3 Å². The zero-order valence-electron chi connectivity index (χ0n) is 16.5. The van der Waals surface area contributed by atoms with Crippen molar-refractivity contribution in [2.45, 2.75) is 26.8 Å². The first kappa shape index (κ1) is 18.6. The monoisotopic (exact) mass is 380 g/mol. The largest absolute Gasteiger partial charge is 0.369 e. The molecule has 146 valence electrons. The van der Waals surface area contributed by atoms with Crippen LogP contribution in [0.15, 0.2) is 47.0 Å². The molecule has 0 saturated carbocycles. The van der Waals surface area contributed by atoms with E-state index in [4.69, 9.17) is 4.52 Å². The van der Waals surface area contributed by atoms with Crippen LogP contribution in [0.5, 0.6) is 0 Å². The molecule has 4 rings (SSSR count). The van der Waals surface area contributed by atoms with E-state index in [2.05, 4.69) is 58.1 Å². The highest BCUT2D eigenvalue weighted by Crippen LogP contribution is 2.26. The number of hydrogen-bond acceptors (Lipinski definition) is 5. The fourth-order valence-corrected chi connectivity index (χ4v) is 3.73. The lowest BCUT2D eigenvalue weighted by molar-refractivity contribution is 0.164. The Labute approximate surface area is 164 Å². The number of aryl methyl sites for hydroxylation is 2. The van der Waals surface area contributed by atoms with E-state index in [1.54, 1.807) is 19.1 Å². The maximum atomic E-state index is 13.5. The molecular weight excluding hydrogens is 355 g/mol. The van der Waals surface area contributed by atoms with Crippen molar-refractivity contribution in [1.29, 1.82) is 0 Å². The predicted octanol–water partition coefficient (Wildman–Crippen LogP) is 4.38. The molecule has 1 fully saturated rings. The van der Waals surface area contributed by atoms with Crippen molar-refractivity contribution in [2.75, 3.05) is 31.1 Å². The van der Waals surface area contributed by atoms with Crippen LogP contribution in [0.2, 0.25) is 0 Å². The van der Waals surface area contributed by atoms with Crippen LogP contribution in [-0.2, 0) is 0 Å². The molecule has 0 amide bonds. The number of halogens is 1. The smallest absolute Gasteiger partial charge is 0.244 e. The highest BCUT2D eigenvalue weighted by atomic mass is 19.1. The minimum atomic E-state index is -0.229. The third kappa shape index (κ3) is 3.64. The summed E-state index contributed by atoms with van der Waals surface area (Å²) >= 11 is 0. The Balaban J connectivity index is 1.43. The van der Waals surface area contributed by atoms with Gasteiger partial charge in [-0.25, -0.2) is 4.39 Å². The van der Waals surface area contributed by atoms with E-state index in [9.17, 15) is 4.39 Å². The molecule has 1 unspecified atom stereocenters. The maximum Gasteiger partial charge on any atom is 0.244 e. The fraction of sp³-hybridized carbons (Fsp3) is 0.364. The van der Waals surface area contributed by atoms with E-state index in [1.807, 2.05) is 0 Å². The van der Waals surface area contributed by atoms with Crippen molar-refractivity contribution in [3.8, 4) is 11.4 Å². The van der Waals surface area contributed by atoms with Gasteiger partial charge in [-0.05, 0) is 56.2 Å². The lowest BCUT2D eigenvalue weighted by Crippen LogP contribution is -2.47. The quantitative estimate of drug-likeness (QED) is 0.672. The normalized spacial score (nSPS) is 16.4. The van der Waals surface area contributed by atoms with Gasteiger partial charge in [0.15, 0.2) is 0 Å². The van der Waals surface area contributed by atoms with Gasteiger partial charge >= 0.3 is 0 Å². The molecule has 1 aliphatic rings. The van der Waals surface area contributed by atoms with Gasteiger partial charge in [0, 0.05) is 37.4 Å². The van der Waals surface area contributed by atoms with Crippen LogP contribution in [0.25, 0.3) is 11.4 Å². The summed E-state index contributed by atoms with van der Waals surface area (Å²) in [6, 6.07) is 13.4. The zero-order valence-corrected chi connectivity index (χ0v) is 16.5. The van der Waals surface area contributed by atoms with Gasteiger partial charge in [0.05, 0.1) is 6.04 Å². The topological polar surface area (TPSA) is 45.4 Å². The van der Waals surface area contributed by atoms with Crippen LogP contribution in [0.3, 0.4) is 0 Å². The molecular formula is C22H25FN4O. The Morgan fingerprint density at radius 1 is 1.00 bits per heavy atom. The molecule has 0 bridgehead atoms. The number of aromatic nitrogens is 2. The zero-order chi connectivity index (χ0) is 19.7. The van der Waals surface area contributed by atoms with Crippen molar-refractivity contribution in [1.82, 2.24) is 15.0 Å². The Bertz CT molecular complexity index is 963. The first-order valence-corrected chi connectivity index (χ1v) is 9.67. The summed E-state index contributed by atoms with van der Waals surface area (Å²) in [5, 5.41) is 4.10. The second-order valence-corrected chi connectivity index (χ2v) is 7.41. The van der Waals surface area contributed by atoms with E-state index in [0.717, 1.165) is 31.7 Å². The number of piperazine rings is 1. The van der Waals surface area contributed by atoms with Gasteiger partial charge in [0.25, 0.3) is 0 Å². The molecule has 1 aromatic heterocycles. The van der Waals surface area contributed by atoms with Crippen molar-refractivity contribution >= 4 is 5.69 Å². The van der Waals surface area contributed by atoms with Crippen LogP contribution >= 0.6 is 0 Å². The molecule has 5 nitrogen and oxygen atoms in total. The van der Waals surface area contributed by atoms with Gasteiger partial charge < -0.3 is 9.42 Å². The van der Waals surface area contributed by atoms with Crippen LogP contribution in [0.4, 0.5) is 10.1 Å². The van der Waals surface area contributed by atoms with Crippen LogP contribution in [0, 0.1) is 19.7 Å². The summed E-state index contributed by atoms with van der Waals surface area (Å²) in [7, 11) is 0. The summed E-state index contributed by atoms with van der Waals surface area (Å²) < 4.78 is 19.0. The molecule has 2 heterocycles. The van der Waals surface area contributed by atoms with Gasteiger partial charge in [0.1, 0.15) is 5.82 Å². The SMILES string of the molecule is Cc1cc(-c2noc(C(C)N3CCN(c4ccccc4C)CC3)n2)ccc1F. The Morgan fingerprint density at radius 3 is 2.46 bits per heavy atom. The Kier molecular flexibility index (Phi) is 5.13. The molecule has 1 aliphatic heterocycles. The standard InChI is InChI=1S/C22H25FN4O/c1-15-6-4-5-7-20(15)27-12-10-26(11-13-27)17(3)22-24-21(25-28-22)18-8-9-19(23)16(2)14-18/h4-9,14,17H,10-13H2,1-3H3. The Morgan fingerprint density at radius 2 is 1.75 bits per heavy atom. The van der Waals surface area contributed by atoms with Crippen LogP contribution < -0.4 is 4.90 Å². The van der Waals surface area contributed by atoms with E-state index in [-0.39, 0.29) is 11.9 Å². The summed E-state index contributed by atoms with van der Waals surface area (Å²) in [4.78, 5) is 9.35. The minimum absolute atomic E-state index is 0.0433. The summed E-state index contributed by atoms with van der Waals surface area (Å²) in [5.74, 6) is 0.872. The number of nitrogens with zero attached hydrogens (tertiary/aromatic N) is 4. The first-order chi connectivity index (χ1) is 13.5. The van der Waals surface area contributed by atoms with Crippen LogP contribution in [-0.4, -0.2) is 41.2 Å². The molecule has 0 spiro atoms. The molecule has 28 heavy (non-hydrogen) atoms. The van der Waals surface area contributed by atoms with Gasteiger partial charge in [0.2, 0.25) is 11.7 Å². The molecule has 0 N–H and O–H groups in total. The predicted molar refractivity (Wildman–Crippen MR) is 108 cm³/mol. The molecule has 2 aromatic carbocycles. The number of benzene rings is 2. The van der Waals surface area contributed by atoms with E-state index in [1.165, 1.54) is 17.3 Å². The molecule has 1 atom stereocenters. The third-order valence-electron chi connectivity index (χ3n) is 5.53. The molecule has 0 aliphatic carbocycles. The van der Waals surface area contributed by atoms with E-state index < -0.39 is 0 Å².